The van der Waals surface area contributed by atoms with Gasteiger partial charge in [-0.1, -0.05) is 12.1 Å². The molecule has 0 spiro atoms. The zero-order valence-electron chi connectivity index (χ0n) is 13.1. The number of ether oxygens (including phenoxy) is 1. The first-order valence-corrected chi connectivity index (χ1v) is 7.29. The van der Waals surface area contributed by atoms with Gasteiger partial charge in [0.05, 0.1) is 12.2 Å². The highest BCUT2D eigenvalue weighted by molar-refractivity contribution is 5.98. The van der Waals surface area contributed by atoms with Crippen LogP contribution in [0.3, 0.4) is 0 Å². The Morgan fingerprint density at radius 3 is 2.82 bits per heavy atom. The van der Waals surface area contributed by atoms with Crippen LogP contribution in [0.5, 0.6) is 5.75 Å². The molecule has 0 aliphatic heterocycles. The molecule has 2 N–H and O–H groups in total. The highest BCUT2D eigenvalue weighted by Gasteiger charge is 2.10. The fraction of sp³-hybridized carbons (Fsp3) is 0.294. The second-order valence-electron chi connectivity index (χ2n) is 4.87. The van der Waals surface area contributed by atoms with Crippen molar-refractivity contribution in [2.75, 3.05) is 19.0 Å². The molecule has 0 saturated carbocycles. The molecule has 22 heavy (non-hydrogen) atoms. The lowest BCUT2D eigenvalue weighted by molar-refractivity contribution is 0.0963. The van der Waals surface area contributed by atoms with E-state index in [1.165, 1.54) is 0 Å². The number of aromatic nitrogens is 1. The van der Waals surface area contributed by atoms with Gasteiger partial charge in [-0.25, -0.2) is 4.98 Å². The summed E-state index contributed by atoms with van der Waals surface area (Å²) < 4.78 is 5.53. The van der Waals surface area contributed by atoms with Crippen LogP contribution in [-0.2, 0) is 6.54 Å². The van der Waals surface area contributed by atoms with E-state index in [2.05, 4.69) is 21.7 Å². The number of carbonyl (C=O) groups excluding carboxylic acids is 1. The molecule has 5 heteroatoms. The number of anilines is 1. The van der Waals surface area contributed by atoms with E-state index in [0.29, 0.717) is 24.5 Å². The van der Waals surface area contributed by atoms with Gasteiger partial charge in [-0.2, -0.15) is 0 Å². The van der Waals surface area contributed by atoms with E-state index >= 15 is 0 Å². The molecule has 1 heterocycles. The van der Waals surface area contributed by atoms with Crippen LogP contribution in [0.4, 0.5) is 5.82 Å². The minimum Gasteiger partial charge on any atom is -0.494 e. The van der Waals surface area contributed by atoms with Gasteiger partial charge < -0.3 is 15.4 Å². The van der Waals surface area contributed by atoms with E-state index in [9.17, 15) is 4.79 Å². The summed E-state index contributed by atoms with van der Waals surface area (Å²) in [5.41, 5.74) is 2.73. The number of nitrogens with one attached hydrogen (secondary N) is 2. The van der Waals surface area contributed by atoms with Gasteiger partial charge in [0.15, 0.2) is 0 Å². The van der Waals surface area contributed by atoms with Crippen molar-refractivity contribution in [2.45, 2.75) is 20.4 Å². The normalized spacial score (nSPS) is 10.1. The van der Waals surface area contributed by atoms with E-state index in [1.54, 1.807) is 25.4 Å². The van der Waals surface area contributed by atoms with Crippen LogP contribution in [0.15, 0.2) is 36.5 Å². The summed E-state index contributed by atoms with van der Waals surface area (Å²) in [6.07, 6.45) is 1.66. The standard InChI is InChI=1S/C17H21N3O2/c1-4-22-15-8-7-13(10-12(15)2)11-20-16-14(17(21)18-3)6-5-9-19-16/h5-10H,4,11H2,1-3H3,(H,18,21)(H,19,20). The van der Waals surface area contributed by atoms with Gasteiger partial charge >= 0.3 is 0 Å². The molecule has 0 aliphatic rings. The molecule has 0 atom stereocenters. The Labute approximate surface area is 130 Å². The van der Waals surface area contributed by atoms with E-state index in [4.69, 9.17) is 4.74 Å². The lowest BCUT2D eigenvalue weighted by atomic mass is 10.1. The zero-order valence-corrected chi connectivity index (χ0v) is 13.1. The fourth-order valence-corrected chi connectivity index (χ4v) is 2.19. The smallest absolute Gasteiger partial charge is 0.254 e. The number of hydrogen-bond acceptors (Lipinski definition) is 4. The number of benzene rings is 1. The Hall–Kier alpha value is -2.56. The van der Waals surface area contributed by atoms with Gasteiger partial charge in [-0.15, -0.1) is 0 Å². The topological polar surface area (TPSA) is 63.2 Å². The Bertz CT molecular complexity index is 656. The zero-order chi connectivity index (χ0) is 15.9. The molecule has 1 amide bonds. The maximum atomic E-state index is 11.8. The quantitative estimate of drug-likeness (QED) is 0.861. The Morgan fingerprint density at radius 2 is 2.14 bits per heavy atom. The number of carbonyl (C=O) groups is 1. The van der Waals surface area contributed by atoms with Gasteiger partial charge in [-0.05, 0) is 43.2 Å². The Morgan fingerprint density at radius 1 is 1.32 bits per heavy atom. The fourth-order valence-electron chi connectivity index (χ4n) is 2.19. The molecule has 0 saturated heterocycles. The molecule has 0 unspecified atom stereocenters. The Balaban J connectivity index is 2.10. The van der Waals surface area contributed by atoms with Gasteiger partial charge in [0.1, 0.15) is 11.6 Å². The number of rotatable bonds is 6. The summed E-state index contributed by atoms with van der Waals surface area (Å²) in [6.45, 7) is 5.23. The highest BCUT2D eigenvalue weighted by atomic mass is 16.5. The number of pyridine rings is 1. The monoisotopic (exact) mass is 299 g/mol. The molecule has 2 aromatic rings. The minimum atomic E-state index is -0.154. The van der Waals surface area contributed by atoms with Crippen molar-refractivity contribution in [2.24, 2.45) is 0 Å². The number of hydrogen-bond donors (Lipinski definition) is 2. The van der Waals surface area contributed by atoms with Crippen molar-refractivity contribution in [3.8, 4) is 5.75 Å². The summed E-state index contributed by atoms with van der Waals surface area (Å²) in [5.74, 6) is 1.32. The molecule has 116 valence electrons. The minimum absolute atomic E-state index is 0.154. The van der Waals surface area contributed by atoms with Crippen LogP contribution in [-0.4, -0.2) is 24.5 Å². The van der Waals surface area contributed by atoms with E-state index in [0.717, 1.165) is 16.9 Å². The first-order valence-electron chi connectivity index (χ1n) is 7.29. The molecule has 0 aliphatic carbocycles. The lowest BCUT2D eigenvalue weighted by Gasteiger charge is -2.12. The first kappa shape index (κ1) is 15.8. The number of amides is 1. The van der Waals surface area contributed by atoms with Crippen molar-refractivity contribution in [1.29, 1.82) is 0 Å². The van der Waals surface area contributed by atoms with Crippen LogP contribution in [0.25, 0.3) is 0 Å². The molecule has 1 aromatic heterocycles. The van der Waals surface area contributed by atoms with Crippen molar-refractivity contribution < 1.29 is 9.53 Å². The third-order valence-electron chi connectivity index (χ3n) is 3.28. The Kier molecular flexibility index (Phi) is 5.36. The first-order chi connectivity index (χ1) is 10.7. The molecule has 2 rings (SSSR count). The molecular weight excluding hydrogens is 278 g/mol. The summed E-state index contributed by atoms with van der Waals surface area (Å²) >= 11 is 0. The summed E-state index contributed by atoms with van der Waals surface area (Å²) in [4.78, 5) is 16.0. The molecule has 0 radical (unpaired) electrons. The molecule has 0 bridgehead atoms. The van der Waals surface area contributed by atoms with Crippen LogP contribution in [0.2, 0.25) is 0 Å². The van der Waals surface area contributed by atoms with Gasteiger partial charge in [-0.3, -0.25) is 4.79 Å². The summed E-state index contributed by atoms with van der Waals surface area (Å²) in [7, 11) is 1.61. The predicted octanol–water partition coefficient (Wildman–Crippen LogP) is 2.76. The van der Waals surface area contributed by atoms with Crippen molar-refractivity contribution in [1.82, 2.24) is 10.3 Å². The largest absolute Gasteiger partial charge is 0.494 e. The molecule has 5 nitrogen and oxygen atoms in total. The maximum Gasteiger partial charge on any atom is 0.254 e. The van der Waals surface area contributed by atoms with Crippen LogP contribution >= 0.6 is 0 Å². The highest BCUT2D eigenvalue weighted by Crippen LogP contribution is 2.20. The number of aryl methyl sites for hydroxylation is 1. The molecule has 1 aromatic carbocycles. The SMILES string of the molecule is CCOc1ccc(CNc2ncccc2C(=O)NC)cc1C. The summed E-state index contributed by atoms with van der Waals surface area (Å²) in [5, 5.41) is 5.83. The van der Waals surface area contributed by atoms with Gasteiger partial charge in [0.25, 0.3) is 5.91 Å². The number of nitrogens with zero attached hydrogens (tertiary/aromatic N) is 1. The molecular formula is C17H21N3O2. The van der Waals surface area contributed by atoms with Gasteiger partial charge in [0, 0.05) is 19.8 Å². The predicted molar refractivity (Wildman–Crippen MR) is 87.3 cm³/mol. The average Bonchev–Trinajstić information content (AvgIpc) is 2.55. The van der Waals surface area contributed by atoms with Crippen molar-refractivity contribution >= 4 is 11.7 Å². The van der Waals surface area contributed by atoms with E-state index < -0.39 is 0 Å². The van der Waals surface area contributed by atoms with Gasteiger partial charge in [0.2, 0.25) is 0 Å². The maximum absolute atomic E-state index is 11.8. The van der Waals surface area contributed by atoms with Crippen LogP contribution in [0, 0.1) is 6.92 Å². The second-order valence-corrected chi connectivity index (χ2v) is 4.87. The molecule has 0 fully saturated rings. The van der Waals surface area contributed by atoms with Crippen LogP contribution in [0.1, 0.15) is 28.4 Å². The summed E-state index contributed by atoms with van der Waals surface area (Å²) in [6, 6.07) is 9.54. The third-order valence-corrected chi connectivity index (χ3v) is 3.28. The van der Waals surface area contributed by atoms with Crippen LogP contribution < -0.4 is 15.4 Å². The average molecular weight is 299 g/mol. The third kappa shape index (κ3) is 3.75. The van der Waals surface area contributed by atoms with Crippen molar-refractivity contribution in [3.63, 3.8) is 0 Å². The van der Waals surface area contributed by atoms with E-state index in [-0.39, 0.29) is 5.91 Å². The van der Waals surface area contributed by atoms with Crippen molar-refractivity contribution in [3.05, 3.63) is 53.2 Å². The lowest BCUT2D eigenvalue weighted by Crippen LogP contribution is -2.20. The van der Waals surface area contributed by atoms with E-state index in [1.807, 2.05) is 26.0 Å². The second kappa shape index (κ2) is 7.45.